The van der Waals surface area contributed by atoms with Gasteiger partial charge >= 0.3 is 6.18 Å². The second kappa shape index (κ2) is 9.80. The van der Waals surface area contributed by atoms with Gasteiger partial charge in [0.05, 0.1) is 11.1 Å². The van der Waals surface area contributed by atoms with Gasteiger partial charge in [-0.2, -0.15) is 13.2 Å². The number of fused-ring (bicyclic) bond motifs is 1. The van der Waals surface area contributed by atoms with Gasteiger partial charge in [-0.05, 0) is 78.9 Å². The second-order valence-electron chi connectivity index (χ2n) is 9.03. The molecule has 1 saturated heterocycles. The van der Waals surface area contributed by atoms with E-state index >= 15 is 0 Å². The van der Waals surface area contributed by atoms with E-state index in [4.69, 9.17) is 0 Å². The normalized spacial score (nSPS) is 14.7. The Morgan fingerprint density at radius 3 is 2.30 bits per heavy atom. The van der Waals surface area contributed by atoms with Crippen molar-refractivity contribution in [3.63, 3.8) is 0 Å². The molecular weight excluding hydrogens is 489 g/mol. The summed E-state index contributed by atoms with van der Waals surface area (Å²) in [5.41, 5.74) is 1.96. The number of hydrogen-bond acceptors (Lipinski definition) is 3. The maximum atomic E-state index is 13.6. The Hall–Kier alpha value is -4.01. The molecule has 1 fully saturated rings. The standard InChI is InChI=1S/C28H22F5N3O/c29-23-8-3-19(15-24(23)30)17-10-13-36(14-11-17)27(37)18-1-5-21(6-2-18)35-25-9-12-34-26-16-20(28(31,32)33)4-7-22(25)26/h1-9,12,15-17H,10-11,13-14H2,(H,34,35). The average Bonchev–Trinajstić information content (AvgIpc) is 2.90. The van der Waals surface area contributed by atoms with Gasteiger partial charge in [0.15, 0.2) is 11.6 Å². The highest BCUT2D eigenvalue weighted by Gasteiger charge is 2.30. The molecular formula is C28H22F5N3O. The maximum Gasteiger partial charge on any atom is 0.416 e. The molecule has 0 spiro atoms. The summed E-state index contributed by atoms with van der Waals surface area (Å²) in [7, 11) is 0. The molecule has 9 heteroatoms. The number of amides is 1. The third-order valence-corrected chi connectivity index (χ3v) is 6.68. The Bertz CT molecular complexity index is 1440. The minimum Gasteiger partial charge on any atom is -0.355 e. The van der Waals surface area contributed by atoms with E-state index in [-0.39, 0.29) is 17.3 Å². The van der Waals surface area contributed by atoms with E-state index < -0.39 is 23.4 Å². The largest absolute Gasteiger partial charge is 0.416 e. The number of hydrogen-bond donors (Lipinski definition) is 1. The van der Waals surface area contributed by atoms with E-state index in [0.29, 0.717) is 48.3 Å². The topological polar surface area (TPSA) is 45.2 Å². The van der Waals surface area contributed by atoms with Crippen LogP contribution in [0.15, 0.2) is 72.9 Å². The first kappa shape index (κ1) is 24.7. The van der Waals surface area contributed by atoms with E-state index in [1.54, 1.807) is 41.3 Å². The van der Waals surface area contributed by atoms with Gasteiger partial charge in [-0.3, -0.25) is 9.78 Å². The molecule has 0 unspecified atom stereocenters. The zero-order chi connectivity index (χ0) is 26.2. The molecule has 1 aliphatic heterocycles. The van der Waals surface area contributed by atoms with Crippen LogP contribution in [0.2, 0.25) is 0 Å². The predicted octanol–water partition coefficient (Wildman–Crippen LogP) is 7.30. The molecule has 0 atom stereocenters. The van der Waals surface area contributed by atoms with Gasteiger partial charge in [-0.1, -0.05) is 12.1 Å². The van der Waals surface area contributed by atoms with Gasteiger partial charge in [-0.15, -0.1) is 0 Å². The minimum atomic E-state index is -4.45. The van der Waals surface area contributed by atoms with Crippen LogP contribution in [0.25, 0.3) is 10.9 Å². The van der Waals surface area contributed by atoms with E-state index in [1.807, 2.05) is 0 Å². The lowest BCUT2D eigenvalue weighted by Crippen LogP contribution is -2.37. The molecule has 190 valence electrons. The number of pyridine rings is 1. The summed E-state index contributed by atoms with van der Waals surface area (Å²) in [6.07, 6.45) is -1.70. The average molecular weight is 511 g/mol. The van der Waals surface area contributed by atoms with Crippen molar-refractivity contribution in [3.05, 3.63) is 101 Å². The van der Waals surface area contributed by atoms with Crippen LogP contribution in [0.5, 0.6) is 0 Å². The zero-order valence-corrected chi connectivity index (χ0v) is 19.5. The fourth-order valence-corrected chi connectivity index (χ4v) is 4.65. The van der Waals surface area contributed by atoms with E-state index in [9.17, 15) is 26.7 Å². The van der Waals surface area contributed by atoms with Crippen LogP contribution in [-0.2, 0) is 6.18 Å². The number of alkyl halides is 3. The highest BCUT2D eigenvalue weighted by Crippen LogP contribution is 2.34. The number of benzene rings is 3. The first-order valence-corrected chi connectivity index (χ1v) is 11.8. The first-order chi connectivity index (χ1) is 17.7. The van der Waals surface area contributed by atoms with Crippen LogP contribution in [0.3, 0.4) is 0 Å². The van der Waals surface area contributed by atoms with Crippen molar-refractivity contribution in [3.8, 4) is 0 Å². The Kier molecular flexibility index (Phi) is 6.54. The molecule has 1 amide bonds. The first-order valence-electron chi connectivity index (χ1n) is 11.8. The number of anilines is 2. The van der Waals surface area contributed by atoms with Crippen molar-refractivity contribution >= 4 is 28.2 Å². The van der Waals surface area contributed by atoms with Crippen molar-refractivity contribution in [1.29, 1.82) is 0 Å². The Balaban J connectivity index is 1.24. The summed E-state index contributed by atoms with van der Waals surface area (Å²) in [6, 6.07) is 15.9. The van der Waals surface area contributed by atoms with Gasteiger partial charge in [0.25, 0.3) is 5.91 Å². The third-order valence-electron chi connectivity index (χ3n) is 6.68. The van der Waals surface area contributed by atoms with E-state index in [1.165, 1.54) is 18.3 Å². The van der Waals surface area contributed by atoms with Crippen LogP contribution < -0.4 is 5.32 Å². The lowest BCUT2D eigenvalue weighted by molar-refractivity contribution is -0.137. The summed E-state index contributed by atoms with van der Waals surface area (Å²) >= 11 is 0. The molecule has 0 saturated carbocycles. The maximum absolute atomic E-state index is 13.6. The number of aromatic nitrogens is 1. The molecule has 3 aromatic carbocycles. The number of piperidine rings is 1. The fourth-order valence-electron chi connectivity index (χ4n) is 4.65. The highest BCUT2D eigenvalue weighted by molar-refractivity contribution is 5.96. The van der Waals surface area contributed by atoms with Gasteiger partial charge in [0.1, 0.15) is 0 Å². The number of nitrogens with one attached hydrogen (secondary N) is 1. The molecule has 4 nitrogen and oxygen atoms in total. The van der Waals surface area contributed by atoms with Crippen LogP contribution in [-0.4, -0.2) is 28.9 Å². The highest BCUT2D eigenvalue weighted by atomic mass is 19.4. The number of nitrogens with zero attached hydrogens (tertiary/aromatic N) is 2. The quantitative estimate of drug-likeness (QED) is 0.293. The molecule has 0 bridgehead atoms. The van der Waals surface area contributed by atoms with Crippen LogP contribution in [0.4, 0.5) is 33.3 Å². The molecule has 1 aromatic heterocycles. The van der Waals surface area contributed by atoms with Crippen molar-refractivity contribution in [1.82, 2.24) is 9.88 Å². The predicted molar refractivity (Wildman–Crippen MR) is 131 cm³/mol. The summed E-state index contributed by atoms with van der Waals surface area (Å²) in [4.78, 5) is 18.8. The van der Waals surface area contributed by atoms with Crippen LogP contribution in [0, 0.1) is 11.6 Å². The second-order valence-corrected chi connectivity index (χ2v) is 9.03. The van der Waals surface area contributed by atoms with Crippen LogP contribution in [0.1, 0.15) is 40.2 Å². The summed E-state index contributed by atoms with van der Waals surface area (Å²) < 4.78 is 65.9. The molecule has 1 aliphatic rings. The Labute approximate surface area is 209 Å². The number of carbonyl (C=O) groups excluding carboxylic acids is 1. The summed E-state index contributed by atoms with van der Waals surface area (Å²) in [6.45, 7) is 1.01. The molecule has 4 aromatic rings. The monoisotopic (exact) mass is 511 g/mol. The van der Waals surface area contributed by atoms with E-state index in [2.05, 4.69) is 10.3 Å². The summed E-state index contributed by atoms with van der Waals surface area (Å²) in [5, 5.41) is 3.72. The zero-order valence-electron chi connectivity index (χ0n) is 19.5. The third kappa shape index (κ3) is 5.26. The molecule has 1 N–H and O–H groups in total. The minimum absolute atomic E-state index is 0.0631. The Morgan fingerprint density at radius 1 is 0.892 bits per heavy atom. The van der Waals surface area contributed by atoms with Crippen molar-refractivity contribution in [2.45, 2.75) is 24.9 Å². The van der Waals surface area contributed by atoms with Gasteiger partial charge < -0.3 is 10.2 Å². The lowest BCUT2D eigenvalue weighted by Gasteiger charge is -2.32. The number of halogens is 5. The fraction of sp³-hybridized carbons (Fsp3) is 0.214. The molecule has 37 heavy (non-hydrogen) atoms. The summed E-state index contributed by atoms with van der Waals surface area (Å²) in [5.74, 6) is -1.80. The Morgan fingerprint density at radius 2 is 1.62 bits per heavy atom. The number of likely N-dealkylation sites (tertiary alicyclic amines) is 1. The molecule has 2 heterocycles. The van der Waals surface area contributed by atoms with Crippen LogP contribution >= 0.6 is 0 Å². The smallest absolute Gasteiger partial charge is 0.355 e. The lowest BCUT2D eigenvalue weighted by atomic mass is 9.89. The van der Waals surface area contributed by atoms with Gasteiger partial charge in [-0.25, -0.2) is 8.78 Å². The molecule has 0 aliphatic carbocycles. The van der Waals surface area contributed by atoms with Gasteiger partial charge in [0.2, 0.25) is 0 Å². The van der Waals surface area contributed by atoms with Crippen molar-refractivity contribution in [2.75, 3.05) is 18.4 Å². The van der Waals surface area contributed by atoms with Gasteiger partial charge in [0, 0.05) is 41.6 Å². The van der Waals surface area contributed by atoms with Crippen molar-refractivity contribution in [2.24, 2.45) is 0 Å². The molecule has 0 radical (unpaired) electrons. The van der Waals surface area contributed by atoms with Crippen molar-refractivity contribution < 1.29 is 26.7 Å². The van der Waals surface area contributed by atoms with E-state index in [0.717, 1.165) is 23.8 Å². The number of carbonyl (C=O) groups is 1. The SMILES string of the molecule is O=C(c1ccc(Nc2ccnc3cc(C(F)(F)F)ccc23)cc1)N1CCC(c2ccc(F)c(F)c2)CC1. The number of rotatable bonds is 4. The molecule has 5 rings (SSSR count).